The van der Waals surface area contributed by atoms with Crippen molar-refractivity contribution >= 4 is 23.5 Å². The molecule has 0 radical (unpaired) electrons. The minimum atomic E-state index is -2.45. The second-order valence-corrected chi connectivity index (χ2v) is 8.02. The highest BCUT2D eigenvalue weighted by molar-refractivity contribution is 6.30. The molecule has 0 aliphatic carbocycles. The quantitative estimate of drug-likeness (QED) is 0.355. The second-order valence-electron chi connectivity index (χ2n) is 7.58. The fourth-order valence-corrected chi connectivity index (χ4v) is 3.68. The minimum Gasteiger partial charge on any atom is -0.481 e. The third-order valence-corrected chi connectivity index (χ3v) is 5.31. The molecule has 2 rings (SSSR count). The van der Waals surface area contributed by atoms with Crippen LogP contribution in [0.15, 0.2) is 42.7 Å². The van der Waals surface area contributed by atoms with Crippen LogP contribution in [0.3, 0.4) is 0 Å². The first-order valence-electron chi connectivity index (χ1n) is 9.98. The monoisotopic (exact) mass is 437 g/mol. The Labute approximate surface area is 180 Å². The summed E-state index contributed by atoms with van der Waals surface area (Å²) in [6.07, 6.45) is 6.01. The third-order valence-electron chi connectivity index (χ3n) is 5.08. The summed E-state index contributed by atoms with van der Waals surface area (Å²) >= 11 is 6.13. The molecule has 1 heterocycles. The minimum absolute atomic E-state index is 0.310. The Bertz CT molecular complexity index is 838. The maximum atomic E-state index is 11.1. The SMILES string of the molecule is O=C(O)C[C@](O)(C[C@@H](O)CCCCCCc1ccc(Cl)cc1-n1cccc1)C(=O)O. The van der Waals surface area contributed by atoms with Gasteiger partial charge in [-0.15, -0.1) is 0 Å². The van der Waals surface area contributed by atoms with Gasteiger partial charge in [-0.25, -0.2) is 4.79 Å². The van der Waals surface area contributed by atoms with E-state index in [0.29, 0.717) is 17.9 Å². The Kier molecular flexibility index (Phi) is 8.89. The molecule has 1 aromatic carbocycles. The van der Waals surface area contributed by atoms with Gasteiger partial charge in [-0.2, -0.15) is 0 Å². The predicted octanol–water partition coefficient (Wildman–Crippen LogP) is 3.67. The van der Waals surface area contributed by atoms with Crippen LogP contribution in [0.4, 0.5) is 0 Å². The number of benzene rings is 1. The van der Waals surface area contributed by atoms with Crippen molar-refractivity contribution in [2.24, 2.45) is 0 Å². The van der Waals surface area contributed by atoms with E-state index in [-0.39, 0.29) is 0 Å². The number of rotatable bonds is 13. The molecule has 0 aliphatic heterocycles. The number of carbonyl (C=O) groups is 2. The van der Waals surface area contributed by atoms with Crippen molar-refractivity contribution in [2.75, 3.05) is 0 Å². The number of aryl methyl sites for hydroxylation is 1. The van der Waals surface area contributed by atoms with Crippen molar-refractivity contribution in [2.45, 2.75) is 63.1 Å². The molecule has 2 aromatic rings. The van der Waals surface area contributed by atoms with E-state index in [2.05, 4.69) is 0 Å². The van der Waals surface area contributed by atoms with Crippen LogP contribution >= 0.6 is 11.6 Å². The normalized spacial score (nSPS) is 14.2. The van der Waals surface area contributed by atoms with Gasteiger partial charge in [-0.1, -0.05) is 36.9 Å². The molecule has 0 bridgehead atoms. The molecule has 0 aliphatic rings. The van der Waals surface area contributed by atoms with Gasteiger partial charge in [0, 0.05) is 29.5 Å². The Morgan fingerprint density at radius 1 is 1.07 bits per heavy atom. The lowest BCUT2D eigenvalue weighted by molar-refractivity contribution is -0.168. The van der Waals surface area contributed by atoms with Crippen molar-refractivity contribution in [1.29, 1.82) is 0 Å². The summed E-state index contributed by atoms with van der Waals surface area (Å²) in [7, 11) is 0. The maximum absolute atomic E-state index is 11.1. The fourth-order valence-electron chi connectivity index (χ4n) is 3.51. The summed E-state index contributed by atoms with van der Waals surface area (Å²) in [6, 6.07) is 9.75. The van der Waals surface area contributed by atoms with Gasteiger partial charge in [0.15, 0.2) is 5.60 Å². The lowest BCUT2D eigenvalue weighted by Gasteiger charge is -2.24. The van der Waals surface area contributed by atoms with Gasteiger partial charge in [0.25, 0.3) is 0 Å². The zero-order valence-corrected chi connectivity index (χ0v) is 17.5. The number of aliphatic hydroxyl groups excluding tert-OH is 1. The average Bonchev–Trinajstić information content (AvgIpc) is 3.19. The lowest BCUT2D eigenvalue weighted by atomic mass is 9.90. The van der Waals surface area contributed by atoms with E-state index in [1.54, 1.807) is 0 Å². The topological polar surface area (TPSA) is 120 Å². The van der Waals surface area contributed by atoms with Gasteiger partial charge in [0.1, 0.15) is 0 Å². The molecular formula is C22H28ClNO6. The Balaban J connectivity index is 1.75. The molecule has 0 saturated carbocycles. The first-order valence-corrected chi connectivity index (χ1v) is 10.4. The standard InChI is InChI=1S/C22H28ClNO6/c23-17-10-9-16(19(13-17)24-11-5-6-12-24)7-3-1-2-4-8-18(25)14-22(30,21(28)29)15-20(26)27/h5-6,9-13,18,25,30H,1-4,7-8,14-15H2,(H,26,27)(H,28,29)/t18-,22+/m0/s1. The summed E-state index contributed by atoms with van der Waals surface area (Å²) in [5, 5.41) is 38.5. The first-order chi connectivity index (χ1) is 14.2. The molecule has 4 N–H and O–H groups in total. The Morgan fingerprint density at radius 2 is 1.73 bits per heavy atom. The zero-order chi connectivity index (χ0) is 22.1. The summed E-state index contributed by atoms with van der Waals surface area (Å²) in [4.78, 5) is 21.9. The molecule has 0 saturated heterocycles. The van der Waals surface area contributed by atoms with Crippen molar-refractivity contribution in [3.05, 3.63) is 53.3 Å². The average molecular weight is 438 g/mol. The number of hydrogen-bond donors (Lipinski definition) is 4. The van der Waals surface area contributed by atoms with Crippen LogP contribution in [0.2, 0.25) is 5.02 Å². The van der Waals surface area contributed by atoms with E-state index >= 15 is 0 Å². The highest BCUT2D eigenvalue weighted by Gasteiger charge is 2.40. The summed E-state index contributed by atoms with van der Waals surface area (Å²) in [5.74, 6) is -3.06. The molecule has 30 heavy (non-hydrogen) atoms. The van der Waals surface area contributed by atoms with E-state index in [9.17, 15) is 19.8 Å². The molecule has 164 valence electrons. The van der Waals surface area contributed by atoms with Crippen LogP contribution in [0.5, 0.6) is 0 Å². The fraction of sp³-hybridized carbons (Fsp3) is 0.455. The molecule has 0 spiro atoms. The first kappa shape index (κ1) is 23.9. The number of carboxylic acids is 2. The highest BCUT2D eigenvalue weighted by Crippen LogP contribution is 2.24. The largest absolute Gasteiger partial charge is 0.481 e. The summed E-state index contributed by atoms with van der Waals surface area (Å²) in [5.41, 5.74) is -0.209. The van der Waals surface area contributed by atoms with Gasteiger partial charge in [0.2, 0.25) is 0 Å². The van der Waals surface area contributed by atoms with E-state index < -0.39 is 36.5 Å². The highest BCUT2D eigenvalue weighted by atomic mass is 35.5. The molecule has 0 amide bonds. The number of hydrogen-bond acceptors (Lipinski definition) is 4. The van der Waals surface area contributed by atoms with E-state index in [0.717, 1.165) is 31.4 Å². The van der Waals surface area contributed by atoms with Crippen LogP contribution in [0.25, 0.3) is 5.69 Å². The molecule has 0 fully saturated rings. The number of halogens is 1. The van der Waals surface area contributed by atoms with Crippen molar-refractivity contribution in [3.63, 3.8) is 0 Å². The summed E-state index contributed by atoms with van der Waals surface area (Å²) < 4.78 is 2.03. The van der Waals surface area contributed by atoms with Crippen molar-refractivity contribution < 1.29 is 30.0 Å². The van der Waals surface area contributed by atoms with Crippen molar-refractivity contribution in [1.82, 2.24) is 4.57 Å². The van der Waals surface area contributed by atoms with Crippen LogP contribution in [0.1, 0.15) is 50.5 Å². The van der Waals surface area contributed by atoms with Crippen LogP contribution in [-0.4, -0.2) is 48.6 Å². The second kappa shape index (κ2) is 11.2. The molecule has 1 aromatic heterocycles. The van der Waals surface area contributed by atoms with E-state index in [4.69, 9.17) is 21.8 Å². The molecule has 2 atom stereocenters. The van der Waals surface area contributed by atoms with Gasteiger partial charge < -0.3 is 25.0 Å². The molecule has 7 nitrogen and oxygen atoms in total. The number of aliphatic hydroxyl groups is 2. The van der Waals surface area contributed by atoms with E-state index in [1.807, 2.05) is 47.3 Å². The maximum Gasteiger partial charge on any atom is 0.336 e. The van der Waals surface area contributed by atoms with Gasteiger partial charge in [0.05, 0.1) is 12.5 Å². The van der Waals surface area contributed by atoms with E-state index in [1.165, 1.54) is 5.56 Å². The molecular weight excluding hydrogens is 410 g/mol. The molecule has 8 heteroatoms. The van der Waals surface area contributed by atoms with Crippen LogP contribution in [-0.2, 0) is 16.0 Å². The van der Waals surface area contributed by atoms with Crippen LogP contribution in [0, 0.1) is 0 Å². The number of aliphatic carboxylic acids is 2. The Hall–Kier alpha value is -2.35. The molecule has 0 unspecified atom stereocenters. The smallest absolute Gasteiger partial charge is 0.336 e. The summed E-state index contributed by atoms with van der Waals surface area (Å²) in [6.45, 7) is 0. The number of carboxylic acid groups (broad SMARTS) is 2. The van der Waals surface area contributed by atoms with Crippen molar-refractivity contribution in [3.8, 4) is 5.69 Å². The van der Waals surface area contributed by atoms with Gasteiger partial charge >= 0.3 is 11.9 Å². The zero-order valence-electron chi connectivity index (χ0n) is 16.7. The predicted molar refractivity (Wildman–Crippen MR) is 113 cm³/mol. The van der Waals surface area contributed by atoms with Gasteiger partial charge in [-0.05, 0) is 49.1 Å². The number of aromatic nitrogens is 1. The number of unbranched alkanes of at least 4 members (excludes halogenated alkanes) is 3. The van der Waals surface area contributed by atoms with Gasteiger partial charge in [-0.3, -0.25) is 4.79 Å². The Morgan fingerprint density at radius 3 is 2.37 bits per heavy atom. The van der Waals surface area contributed by atoms with Crippen LogP contribution < -0.4 is 0 Å². The lowest BCUT2D eigenvalue weighted by Crippen LogP contribution is -2.43. The third kappa shape index (κ3) is 7.16. The number of nitrogens with zero attached hydrogens (tertiary/aromatic N) is 1.